The number of morpholine rings is 1. The van der Waals surface area contributed by atoms with Crippen molar-refractivity contribution in [2.24, 2.45) is 0 Å². The third-order valence-electron chi connectivity index (χ3n) is 3.70. The summed E-state index contributed by atoms with van der Waals surface area (Å²) in [7, 11) is 1.98. The Bertz CT molecular complexity index is 692. The first-order valence-corrected chi connectivity index (χ1v) is 7.31. The van der Waals surface area contributed by atoms with Gasteiger partial charge in [0.25, 0.3) is 0 Å². The summed E-state index contributed by atoms with van der Waals surface area (Å²) in [6.07, 6.45) is -4.67. The maximum atomic E-state index is 13.0. The number of alkyl halides is 3. The molecule has 0 aliphatic carbocycles. The number of para-hydroxylation sites is 1. The second kappa shape index (κ2) is 6.29. The second-order valence-electron chi connectivity index (χ2n) is 5.55. The number of ether oxygens (including phenoxy) is 1. The Morgan fingerprint density at radius 1 is 1.30 bits per heavy atom. The minimum atomic E-state index is -4.58. The molecule has 3 rings (SSSR count). The van der Waals surface area contributed by atoms with Crippen LogP contribution in [0.1, 0.15) is 5.82 Å². The molecule has 1 aliphatic rings. The molecule has 124 valence electrons. The van der Waals surface area contributed by atoms with E-state index < -0.39 is 12.0 Å². The summed E-state index contributed by atoms with van der Waals surface area (Å²) in [6, 6.07) is 6.64. The molecule has 0 radical (unpaired) electrons. The number of anilines is 1. The highest BCUT2D eigenvalue weighted by Gasteiger charge is 2.35. The minimum Gasteiger partial charge on any atom is -0.374 e. The topological polar surface area (TPSA) is 50.3 Å². The quantitative estimate of drug-likeness (QED) is 0.939. The van der Waals surface area contributed by atoms with Gasteiger partial charge in [-0.2, -0.15) is 13.2 Å². The molecule has 2 heterocycles. The maximum Gasteiger partial charge on any atom is 0.451 e. The Morgan fingerprint density at radius 2 is 2.09 bits per heavy atom. The minimum absolute atomic E-state index is 0.0863. The van der Waals surface area contributed by atoms with Gasteiger partial charge in [-0.25, -0.2) is 9.97 Å². The van der Waals surface area contributed by atoms with Crippen molar-refractivity contribution in [2.75, 3.05) is 38.6 Å². The molecule has 5 nitrogen and oxygen atoms in total. The zero-order valence-electron chi connectivity index (χ0n) is 12.6. The summed E-state index contributed by atoms with van der Waals surface area (Å²) in [5.41, 5.74) is 0.263. The zero-order chi connectivity index (χ0) is 16.4. The van der Waals surface area contributed by atoms with Crippen LogP contribution in [0, 0.1) is 0 Å². The van der Waals surface area contributed by atoms with E-state index in [1.807, 2.05) is 7.05 Å². The molecule has 1 aliphatic heterocycles. The van der Waals surface area contributed by atoms with E-state index in [4.69, 9.17) is 4.74 Å². The summed E-state index contributed by atoms with van der Waals surface area (Å²) in [5, 5.41) is 3.55. The SMILES string of the molecule is CN1CCO[C@H](CNc2nc(C(F)(F)F)nc3ccccc23)C1. The maximum absolute atomic E-state index is 13.0. The fraction of sp³-hybridized carbons (Fsp3) is 0.467. The van der Waals surface area contributed by atoms with E-state index in [0.717, 1.165) is 13.1 Å². The Morgan fingerprint density at radius 3 is 2.83 bits per heavy atom. The van der Waals surface area contributed by atoms with Gasteiger partial charge < -0.3 is 15.0 Å². The number of hydrogen-bond donors (Lipinski definition) is 1. The molecule has 0 amide bonds. The van der Waals surface area contributed by atoms with Gasteiger partial charge in [-0.1, -0.05) is 12.1 Å². The number of likely N-dealkylation sites (N-methyl/N-ethyl adjacent to an activating group) is 1. The lowest BCUT2D eigenvalue weighted by molar-refractivity contribution is -0.144. The predicted molar refractivity (Wildman–Crippen MR) is 80.3 cm³/mol. The van der Waals surface area contributed by atoms with E-state index >= 15 is 0 Å². The molecule has 0 spiro atoms. The van der Waals surface area contributed by atoms with Crippen LogP contribution >= 0.6 is 0 Å². The molecular weight excluding hydrogens is 309 g/mol. The molecule has 1 aromatic carbocycles. The van der Waals surface area contributed by atoms with E-state index in [2.05, 4.69) is 20.2 Å². The van der Waals surface area contributed by atoms with Crippen molar-refractivity contribution in [1.29, 1.82) is 0 Å². The van der Waals surface area contributed by atoms with Crippen LogP contribution in [0.4, 0.5) is 19.0 Å². The summed E-state index contributed by atoms with van der Waals surface area (Å²) < 4.78 is 44.5. The Kier molecular flexibility index (Phi) is 4.36. The van der Waals surface area contributed by atoms with Crippen molar-refractivity contribution >= 4 is 16.7 Å². The van der Waals surface area contributed by atoms with E-state index in [1.165, 1.54) is 0 Å². The third kappa shape index (κ3) is 3.70. The molecule has 1 N–H and O–H groups in total. The van der Waals surface area contributed by atoms with Gasteiger partial charge in [-0.05, 0) is 19.2 Å². The van der Waals surface area contributed by atoms with Crippen LogP contribution in [-0.2, 0) is 10.9 Å². The molecule has 8 heteroatoms. The van der Waals surface area contributed by atoms with Gasteiger partial charge in [-0.3, -0.25) is 0 Å². The lowest BCUT2D eigenvalue weighted by Gasteiger charge is -2.30. The molecule has 0 saturated carbocycles. The van der Waals surface area contributed by atoms with Gasteiger partial charge in [0.15, 0.2) is 0 Å². The van der Waals surface area contributed by atoms with Gasteiger partial charge in [-0.15, -0.1) is 0 Å². The highest BCUT2D eigenvalue weighted by Crippen LogP contribution is 2.30. The van der Waals surface area contributed by atoms with Crippen molar-refractivity contribution in [2.45, 2.75) is 12.3 Å². The van der Waals surface area contributed by atoms with Gasteiger partial charge in [0, 0.05) is 25.0 Å². The lowest BCUT2D eigenvalue weighted by Crippen LogP contribution is -2.43. The Balaban J connectivity index is 1.86. The summed E-state index contributed by atoms with van der Waals surface area (Å²) in [4.78, 5) is 9.38. The van der Waals surface area contributed by atoms with Crippen LogP contribution in [0.5, 0.6) is 0 Å². The molecule has 0 unspecified atom stereocenters. The summed E-state index contributed by atoms with van der Waals surface area (Å²) in [5.74, 6) is -0.958. The Hall–Kier alpha value is -1.93. The lowest BCUT2D eigenvalue weighted by atomic mass is 10.2. The van der Waals surface area contributed by atoms with Crippen LogP contribution in [0.3, 0.4) is 0 Å². The van der Waals surface area contributed by atoms with Gasteiger partial charge in [0.1, 0.15) is 5.82 Å². The van der Waals surface area contributed by atoms with Crippen molar-refractivity contribution in [3.63, 3.8) is 0 Å². The monoisotopic (exact) mass is 326 g/mol. The average Bonchev–Trinajstić information content (AvgIpc) is 2.51. The molecule has 1 saturated heterocycles. The predicted octanol–water partition coefficient (Wildman–Crippen LogP) is 2.39. The van der Waals surface area contributed by atoms with Crippen molar-refractivity contribution < 1.29 is 17.9 Å². The number of halogens is 3. The zero-order valence-corrected chi connectivity index (χ0v) is 12.6. The van der Waals surface area contributed by atoms with Crippen molar-refractivity contribution in [1.82, 2.24) is 14.9 Å². The van der Waals surface area contributed by atoms with E-state index in [1.54, 1.807) is 24.3 Å². The number of hydrogen-bond acceptors (Lipinski definition) is 5. The average molecular weight is 326 g/mol. The fourth-order valence-corrected chi connectivity index (χ4v) is 2.54. The highest BCUT2D eigenvalue weighted by molar-refractivity contribution is 5.89. The molecule has 1 fully saturated rings. The van der Waals surface area contributed by atoms with Crippen LogP contribution < -0.4 is 5.32 Å². The number of nitrogens with one attached hydrogen (secondary N) is 1. The first-order chi connectivity index (χ1) is 10.9. The van der Waals surface area contributed by atoms with Crippen LogP contribution in [-0.4, -0.2) is 54.3 Å². The number of rotatable bonds is 3. The number of benzene rings is 1. The number of aromatic nitrogens is 2. The van der Waals surface area contributed by atoms with Gasteiger partial charge in [0.2, 0.25) is 5.82 Å². The van der Waals surface area contributed by atoms with Gasteiger partial charge >= 0.3 is 6.18 Å². The standard InChI is InChI=1S/C15H17F3N4O/c1-22-6-7-23-10(9-22)8-19-13-11-4-2-3-5-12(11)20-14(21-13)15(16,17)18/h2-5,10H,6-9H2,1H3,(H,19,20,21)/t10-/m1/s1. The fourth-order valence-electron chi connectivity index (χ4n) is 2.54. The van der Waals surface area contributed by atoms with E-state index in [0.29, 0.717) is 18.5 Å². The first kappa shape index (κ1) is 15.9. The van der Waals surface area contributed by atoms with E-state index in [-0.39, 0.29) is 17.4 Å². The van der Waals surface area contributed by atoms with Crippen molar-refractivity contribution in [3.05, 3.63) is 30.1 Å². The Labute approximate surface area is 131 Å². The molecule has 23 heavy (non-hydrogen) atoms. The first-order valence-electron chi connectivity index (χ1n) is 7.31. The number of fused-ring (bicyclic) bond motifs is 1. The van der Waals surface area contributed by atoms with Crippen LogP contribution in [0.2, 0.25) is 0 Å². The van der Waals surface area contributed by atoms with Crippen LogP contribution in [0.15, 0.2) is 24.3 Å². The normalized spacial score (nSPS) is 19.9. The molecule has 1 atom stereocenters. The second-order valence-corrected chi connectivity index (χ2v) is 5.55. The molecule has 1 aromatic heterocycles. The third-order valence-corrected chi connectivity index (χ3v) is 3.70. The summed E-state index contributed by atoms with van der Waals surface area (Å²) in [6.45, 7) is 2.58. The molecule has 0 bridgehead atoms. The van der Waals surface area contributed by atoms with Crippen molar-refractivity contribution in [3.8, 4) is 0 Å². The number of nitrogens with zero attached hydrogens (tertiary/aromatic N) is 3. The molecule has 2 aromatic rings. The van der Waals surface area contributed by atoms with Gasteiger partial charge in [0.05, 0.1) is 18.2 Å². The van der Waals surface area contributed by atoms with E-state index in [9.17, 15) is 13.2 Å². The molecular formula is C15H17F3N4O. The smallest absolute Gasteiger partial charge is 0.374 e. The largest absolute Gasteiger partial charge is 0.451 e. The summed E-state index contributed by atoms with van der Waals surface area (Å²) >= 11 is 0. The van der Waals surface area contributed by atoms with Crippen LogP contribution in [0.25, 0.3) is 10.9 Å². The highest BCUT2D eigenvalue weighted by atomic mass is 19.4.